The fourth-order valence-corrected chi connectivity index (χ4v) is 1.51. The molecule has 0 radical (unpaired) electrons. The highest BCUT2D eigenvalue weighted by Gasteiger charge is 2.41. The van der Waals surface area contributed by atoms with Gasteiger partial charge in [0.05, 0.1) is 12.7 Å². The SMILES string of the molecule is O=C(c1cn(Cc2cc(F)cc(F)c2)nn1)C(F)(F)F. The van der Waals surface area contributed by atoms with Crippen molar-refractivity contribution in [3.05, 3.63) is 47.3 Å². The zero-order chi connectivity index (χ0) is 14.9. The molecular weight excluding hydrogens is 285 g/mol. The first-order valence-electron chi connectivity index (χ1n) is 5.22. The number of benzene rings is 1. The third-order valence-electron chi connectivity index (χ3n) is 2.30. The number of alkyl halides is 3. The average Bonchev–Trinajstić information content (AvgIpc) is 2.73. The van der Waals surface area contributed by atoms with Gasteiger partial charge in [-0.05, 0) is 17.7 Å². The number of ketones is 1. The summed E-state index contributed by atoms with van der Waals surface area (Å²) in [7, 11) is 0. The third-order valence-corrected chi connectivity index (χ3v) is 2.30. The molecule has 0 amide bonds. The number of nitrogens with zero attached hydrogens (tertiary/aromatic N) is 3. The molecule has 1 heterocycles. The van der Waals surface area contributed by atoms with Gasteiger partial charge in [0.2, 0.25) is 0 Å². The van der Waals surface area contributed by atoms with E-state index in [0.717, 1.165) is 23.0 Å². The maximum Gasteiger partial charge on any atom is 0.456 e. The van der Waals surface area contributed by atoms with E-state index in [0.29, 0.717) is 6.07 Å². The van der Waals surface area contributed by atoms with E-state index >= 15 is 0 Å². The van der Waals surface area contributed by atoms with Crippen LogP contribution in [-0.4, -0.2) is 27.0 Å². The van der Waals surface area contributed by atoms with Crippen molar-refractivity contribution in [1.82, 2.24) is 15.0 Å². The Kier molecular flexibility index (Phi) is 3.51. The number of aromatic nitrogens is 3. The Balaban J connectivity index is 2.20. The van der Waals surface area contributed by atoms with E-state index < -0.39 is 29.3 Å². The van der Waals surface area contributed by atoms with E-state index in [-0.39, 0.29) is 12.1 Å². The molecule has 0 spiro atoms. The fourth-order valence-electron chi connectivity index (χ4n) is 1.51. The Morgan fingerprint density at radius 3 is 2.30 bits per heavy atom. The Labute approximate surface area is 108 Å². The molecule has 1 aromatic carbocycles. The van der Waals surface area contributed by atoms with Gasteiger partial charge in [-0.15, -0.1) is 5.10 Å². The summed E-state index contributed by atoms with van der Waals surface area (Å²) in [5, 5.41) is 6.39. The highest BCUT2D eigenvalue weighted by molar-refractivity contribution is 5.98. The minimum Gasteiger partial charge on any atom is -0.282 e. The second-order valence-electron chi connectivity index (χ2n) is 3.91. The number of carbonyl (C=O) groups is 1. The van der Waals surface area contributed by atoms with Crippen molar-refractivity contribution >= 4 is 5.78 Å². The van der Waals surface area contributed by atoms with Gasteiger partial charge in [0.1, 0.15) is 11.6 Å². The van der Waals surface area contributed by atoms with Gasteiger partial charge in [0, 0.05) is 6.07 Å². The molecule has 4 nitrogen and oxygen atoms in total. The predicted octanol–water partition coefficient (Wildman–Crippen LogP) is 2.35. The maximum atomic E-state index is 12.9. The number of rotatable bonds is 3. The van der Waals surface area contributed by atoms with Crippen LogP contribution in [0.3, 0.4) is 0 Å². The van der Waals surface area contributed by atoms with Gasteiger partial charge in [0.15, 0.2) is 5.69 Å². The molecule has 0 saturated carbocycles. The van der Waals surface area contributed by atoms with Gasteiger partial charge < -0.3 is 0 Å². The normalized spacial score (nSPS) is 11.7. The molecule has 1 aromatic heterocycles. The number of hydrogen-bond acceptors (Lipinski definition) is 3. The van der Waals surface area contributed by atoms with Crippen LogP contribution in [0.25, 0.3) is 0 Å². The van der Waals surface area contributed by atoms with Crippen LogP contribution in [0, 0.1) is 11.6 Å². The largest absolute Gasteiger partial charge is 0.456 e. The molecule has 0 bridgehead atoms. The molecular formula is C11H6F5N3O. The summed E-state index contributed by atoms with van der Waals surface area (Å²) in [6.07, 6.45) is -4.29. The van der Waals surface area contributed by atoms with E-state index in [1.54, 1.807) is 0 Å². The summed E-state index contributed by atoms with van der Waals surface area (Å²) < 4.78 is 63.2. The average molecular weight is 291 g/mol. The molecule has 0 unspecified atom stereocenters. The van der Waals surface area contributed by atoms with E-state index in [9.17, 15) is 26.7 Å². The monoisotopic (exact) mass is 291 g/mol. The van der Waals surface area contributed by atoms with Gasteiger partial charge in [-0.3, -0.25) is 4.79 Å². The van der Waals surface area contributed by atoms with Crippen LogP contribution in [0.1, 0.15) is 16.1 Å². The number of Topliss-reactive ketones (excluding diaryl/α,β-unsaturated/α-hetero) is 1. The van der Waals surface area contributed by atoms with Crippen LogP contribution in [-0.2, 0) is 6.54 Å². The highest BCUT2D eigenvalue weighted by atomic mass is 19.4. The topological polar surface area (TPSA) is 47.8 Å². The molecule has 0 atom stereocenters. The number of halogens is 5. The smallest absolute Gasteiger partial charge is 0.282 e. The van der Waals surface area contributed by atoms with Crippen molar-refractivity contribution in [2.24, 2.45) is 0 Å². The zero-order valence-electron chi connectivity index (χ0n) is 9.66. The molecule has 2 aromatic rings. The van der Waals surface area contributed by atoms with E-state index in [1.165, 1.54) is 0 Å². The van der Waals surface area contributed by atoms with Crippen molar-refractivity contribution in [2.45, 2.75) is 12.7 Å². The van der Waals surface area contributed by atoms with Gasteiger partial charge in [-0.2, -0.15) is 13.2 Å². The van der Waals surface area contributed by atoms with Crippen molar-refractivity contribution in [3.8, 4) is 0 Å². The van der Waals surface area contributed by atoms with Crippen LogP contribution in [0.5, 0.6) is 0 Å². The molecule has 0 N–H and O–H groups in total. The molecule has 0 aliphatic carbocycles. The number of hydrogen-bond donors (Lipinski definition) is 0. The van der Waals surface area contributed by atoms with Crippen LogP contribution >= 0.6 is 0 Å². The van der Waals surface area contributed by atoms with Gasteiger partial charge in [0.25, 0.3) is 5.78 Å². The van der Waals surface area contributed by atoms with E-state index in [2.05, 4.69) is 10.3 Å². The van der Waals surface area contributed by atoms with Gasteiger partial charge in [-0.25, -0.2) is 13.5 Å². The molecule has 0 aliphatic rings. The molecule has 0 saturated heterocycles. The van der Waals surface area contributed by atoms with Gasteiger partial charge >= 0.3 is 6.18 Å². The summed E-state index contributed by atoms with van der Waals surface area (Å²) in [6.45, 7) is -0.215. The Bertz CT molecular complexity index is 629. The highest BCUT2D eigenvalue weighted by Crippen LogP contribution is 2.20. The molecule has 9 heteroatoms. The fraction of sp³-hybridized carbons (Fsp3) is 0.182. The first kappa shape index (κ1) is 14.1. The second-order valence-corrected chi connectivity index (χ2v) is 3.91. The number of carbonyl (C=O) groups excluding carboxylic acids is 1. The van der Waals surface area contributed by atoms with Crippen molar-refractivity contribution < 1.29 is 26.7 Å². The summed E-state index contributed by atoms with van der Waals surface area (Å²) in [6, 6.07) is 2.65. The van der Waals surface area contributed by atoms with Crippen LogP contribution in [0.4, 0.5) is 22.0 Å². The summed E-state index contributed by atoms with van der Waals surface area (Å²) >= 11 is 0. The zero-order valence-corrected chi connectivity index (χ0v) is 9.66. The van der Waals surface area contributed by atoms with Crippen LogP contribution < -0.4 is 0 Å². The van der Waals surface area contributed by atoms with Gasteiger partial charge in [-0.1, -0.05) is 5.21 Å². The van der Waals surface area contributed by atoms with Crippen molar-refractivity contribution in [3.63, 3.8) is 0 Å². The maximum absolute atomic E-state index is 12.9. The van der Waals surface area contributed by atoms with Crippen LogP contribution in [0.15, 0.2) is 24.4 Å². The minimum absolute atomic E-state index is 0.137. The van der Waals surface area contributed by atoms with E-state index in [4.69, 9.17) is 0 Å². The lowest BCUT2D eigenvalue weighted by Gasteiger charge is -2.02. The Morgan fingerprint density at radius 2 is 1.75 bits per heavy atom. The predicted molar refractivity (Wildman–Crippen MR) is 55.9 cm³/mol. The molecule has 20 heavy (non-hydrogen) atoms. The lowest BCUT2D eigenvalue weighted by molar-refractivity contribution is -0.0888. The Hall–Kier alpha value is -2.32. The first-order valence-corrected chi connectivity index (χ1v) is 5.22. The molecule has 0 fully saturated rings. The summed E-state index contributed by atoms with van der Waals surface area (Å²) in [5.41, 5.74) is -0.743. The van der Waals surface area contributed by atoms with Crippen LogP contribution in [0.2, 0.25) is 0 Å². The lowest BCUT2D eigenvalue weighted by Crippen LogP contribution is -2.23. The minimum atomic E-state index is -5.05. The Morgan fingerprint density at radius 1 is 1.15 bits per heavy atom. The van der Waals surface area contributed by atoms with Crippen molar-refractivity contribution in [2.75, 3.05) is 0 Å². The standard InChI is InChI=1S/C11H6F5N3O/c12-7-1-6(2-8(13)3-7)4-19-5-9(17-18-19)10(20)11(14,15)16/h1-3,5H,4H2. The summed E-state index contributed by atoms with van der Waals surface area (Å²) in [5.74, 6) is -3.78. The quantitative estimate of drug-likeness (QED) is 0.644. The lowest BCUT2D eigenvalue weighted by atomic mass is 10.2. The third kappa shape index (κ3) is 3.16. The summed E-state index contributed by atoms with van der Waals surface area (Å²) in [4.78, 5) is 10.9. The van der Waals surface area contributed by atoms with Crippen molar-refractivity contribution in [1.29, 1.82) is 0 Å². The molecule has 106 valence electrons. The molecule has 2 rings (SSSR count). The first-order chi connectivity index (χ1) is 9.25. The molecule has 0 aliphatic heterocycles. The van der Waals surface area contributed by atoms with E-state index in [1.807, 2.05) is 0 Å². The second kappa shape index (κ2) is 4.99.